The Hall–Kier alpha value is -2.61. The van der Waals surface area contributed by atoms with Crippen LogP contribution in [0.4, 0.5) is 0 Å². The molecule has 0 aromatic carbocycles. The maximum absolute atomic E-state index is 12.7. The fourth-order valence-corrected chi connectivity index (χ4v) is 3.16. The minimum absolute atomic E-state index is 0.0597. The van der Waals surface area contributed by atoms with Gasteiger partial charge in [-0.3, -0.25) is 14.3 Å². The molecule has 8 nitrogen and oxygen atoms in total. The van der Waals surface area contributed by atoms with E-state index >= 15 is 0 Å². The number of rotatable bonds is 7. The number of aliphatic hydroxyl groups excluding tert-OH is 1. The summed E-state index contributed by atoms with van der Waals surface area (Å²) in [6.45, 7) is 3.95. The molecule has 0 radical (unpaired) electrons. The Morgan fingerprint density at radius 2 is 2.08 bits per heavy atom. The number of carbonyl (C=O) groups excluding carboxylic acids is 2. The first-order valence-corrected chi connectivity index (χ1v) is 8.93. The SMILES string of the molecule is C[C@H](C(=O)N1CCn2nc(CCC(=O)NCCO)cc2C1)n1cccc1. The lowest BCUT2D eigenvalue weighted by atomic mass is 10.2. The summed E-state index contributed by atoms with van der Waals surface area (Å²) in [5.41, 5.74) is 1.85. The topological polar surface area (TPSA) is 92.4 Å². The maximum Gasteiger partial charge on any atom is 0.245 e. The van der Waals surface area contributed by atoms with Gasteiger partial charge in [-0.05, 0) is 25.1 Å². The highest BCUT2D eigenvalue weighted by atomic mass is 16.3. The molecule has 1 atom stereocenters. The molecule has 0 bridgehead atoms. The van der Waals surface area contributed by atoms with Crippen LogP contribution in [0.5, 0.6) is 0 Å². The van der Waals surface area contributed by atoms with Crippen LogP contribution in [-0.4, -0.2) is 55.9 Å². The third-order valence-electron chi connectivity index (χ3n) is 4.63. The Morgan fingerprint density at radius 1 is 1.31 bits per heavy atom. The zero-order valence-corrected chi connectivity index (χ0v) is 15.0. The molecule has 0 saturated heterocycles. The molecule has 0 aliphatic carbocycles. The molecular weight excluding hydrogens is 334 g/mol. The van der Waals surface area contributed by atoms with E-state index in [0.717, 1.165) is 11.4 Å². The van der Waals surface area contributed by atoms with E-state index in [-0.39, 0.29) is 31.0 Å². The second-order valence-electron chi connectivity index (χ2n) is 6.49. The number of fused-ring (bicyclic) bond motifs is 1. The van der Waals surface area contributed by atoms with Gasteiger partial charge in [-0.1, -0.05) is 0 Å². The smallest absolute Gasteiger partial charge is 0.245 e. The summed E-state index contributed by atoms with van der Waals surface area (Å²) in [5.74, 6) is 0.000884. The van der Waals surface area contributed by atoms with E-state index in [1.54, 1.807) is 0 Å². The molecule has 1 aliphatic heterocycles. The molecule has 2 aromatic rings. The summed E-state index contributed by atoms with van der Waals surface area (Å²) in [5, 5.41) is 15.9. The number of aliphatic hydroxyl groups is 1. The summed E-state index contributed by atoms with van der Waals surface area (Å²) < 4.78 is 3.83. The Bertz CT molecular complexity index is 753. The van der Waals surface area contributed by atoms with Crippen LogP contribution in [0, 0.1) is 0 Å². The van der Waals surface area contributed by atoms with Gasteiger partial charge in [0.15, 0.2) is 0 Å². The van der Waals surface area contributed by atoms with Gasteiger partial charge in [0, 0.05) is 38.3 Å². The summed E-state index contributed by atoms with van der Waals surface area (Å²) in [7, 11) is 0. The van der Waals surface area contributed by atoms with Crippen LogP contribution in [0.15, 0.2) is 30.6 Å². The second-order valence-corrected chi connectivity index (χ2v) is 6.49. The third kappa shape index (κ3) is 4.13. The van der Waals surface area contributed by atoms with Crippen molar-refractivity contribution in [1.82, 2.24) is 24.6 Å². The highest BCUT2D eigenvalue weighted by Crippen LogP contribution is 2.18. The molecular formula is C18H25N5O3. The van der Waals surface area contributed by atoms with Crippen molar-refractivity contribution >= 4 is 11.8 Å². The van der Waals surface area contributed by atoms with E-state index in [0.29, 0.717) is 32.5 Å². The van der Waals surface area contributed by atoms with Gasteiger partial charge in [0.2, 0.25) is 11.8 Å². The van der Waals surface area contributed by atoms with Crippen LogP contribution in [0.1, 0.15) is 30.8 Å². The summed E-state index contributed by atoms with van der Waals surface area (Å²) in [4.78, 5) is 26.2. The average molecular weight is 359 g/mol. The van der Waals surface area contributed by atoms with Crippen molar-refractivity contribution in [3.05, 3.63) is 42.0 Å². The van der Waals surface area contributed by atoms with Crippen LogP contribution in [-0.2, 0) is 29.1 Å². The minimum Gasteiger partial charge on any atom is -0.395 e. The van der Waals surface area contributed by atoms with E-state index in [4.69, 9.17) is 5.11 Å². The van der Waals surface area contributed by atoms with Crippen LogP contribution < -0.4 is 5.32 Å². The van der Waals surface area contributed by atoms with E-state index < -0.39 is 0 Å². The van der Waals surface area contributed by atoms with Gasteiger partial charge < -0.3 is 19.9 Å². The fraction of sp³-hybridized carbons (Fsp3) is 0.500. The zero-order chi connectivity index (χ0) is 18.5. The van der Waals surface area contributed by atoms with Gasteiger partial charge >= 0.3 is 0 Å². The van der Waals surface area contributed by atoms with Crippen molar-refractivity contribution in [3.8, 4) is 0 Å². The van der Waals surface area contributed by atoms with E-state index in [2.05, 4.69) is 10.4 Å². The molecule has 0 saturated carbocycles. The standard InChI is InChI=1S/C18H25N5O3/c1-14(21-7-2-3-8-21)18(26)22-9-10-23-16(13-22)12-15(20-23)4-5-17(25)19-6-11-24/h2-3,7-8,12,14,24H,4-6,9-11,13H2,1H3,(H,19,25)/t14-/m1/s1. The predicted octanol–water partition coefficient (Wildman–Crippen LogP) is 0.329. The molecule has 2 amide bonds. The highest BCUT2D eigenvalue weighted by Gasteiger charge is 2.26. The molecule has 8 heteroatoms. The summed E-state index contributed by atoms with van der Waals surface area (Å²) >= 11 is 0. The Morgan fingerprint density at radius 3 is 2.81 bits per heavy atom. The highest BCUT2D eigenvalue weighted by molar-refractivity contribution is 5.80. The number of nitrogens with zero attached hydrogens (tertiary/aromatic N) is 4. The van der Waals surface area contributed by atoms with Gasteiger partial charge in [-0.2, -0.15) is 5.10 Å². The van der Waals surface area contributed by atoms with Crippen molar-refractivity contribution in [2.24, 2.45) is 0 Å². The molecule has 2 aromatic heterocycles. The fourth-order valence-electron chi connectivity index (χ4n) is 3.16. The third-order valence-corrected chi connectivity index (χ3v) is 4.63. The Kier molecular flexibility index (Phi) is 5.72. The first-order chi connectivity index (χ1) is 12.6. The van der Waals surface area contributed by atoms with Crippen molar-refractivity contribution < 1.29 is 14.7 Å². The van der Waals surface area contributed by atoms with Gasteiger partial charge in [0.1, 0.15) is 6.04 Å². The van der Waals surface area contributed by atoms with Crippen LogP contribution >= 0.6 is 0 Å². The van der Waals surface area contributed by atoms with E-state index in [1.807, 2.05) is 51.7 Å². The largest absolute Gasteiger partial charge is 0.395 e. The maximum atomic E-state index is 12.7. The Labute approximate surface area is 152 Å². The van der Waals surface area contributed by atoms with Gasteiger partial charge in [0.05, 0.1) is 31.1 Å². The van der Waals surface area contributed by atoms with Gasteiger partial charge in [0.25, 0.3) is 0 Å². The van der Waals surface area contributed by atoms with Crippen molar-refractivity contribution in [2.75, 3.05) is 19.7 Å². The molecule has 1 aliphatic rings. The minimum atomic E-state index is -0.228. The molecule has 0 spiro atoms. The van der Waals surface area contributed by atoms with Gasteiger partial charge in [-0.15, -0.1) is 0 Å². The quantitative estimate of drug-likeness (QED) is 0.745. The van der Waals surface area contributed by atoms with Crippen LogP contribution in [0.3, 0.4) is 0 Å². The lowest BCUT2D eigenvalue weighted by molar-refractivity contribution is -0.135. The number of hydrogen-bond donors (Lipinski definition) is 2. The van der Waals surface area contributed by atoms with Crippen LogP contribution in [0.2, 0.25) is 0 Å². The molecule has 140 valence electrons. The predicted molar refractivity (Wildman–Crippen MR) is 95.2 cm³/mol. The molecule has 2 N–H and O–H groups in total. The number of carbonyl (C=O) groups is 2. The van der Waals surface area contributed by atoms with Crippen LogP contribution in [0.25, 0.3) is 0 Å². The molecule has 26 heavy (non-hydrogen) atoms. The lowest BCUT2D eigenvalue weighted by Gasteiger charge is -2.30. The van der Waals surface area contributed by atoms with E-state index in [9.17, 15) is 9.59 Å². The lowest BCUT2D eigenvalue weighted by Crippen LogP contribution is -2.41. The Balaban J connectivity index is 1.58. The van der Waals surface area contributed by atoms with Crippen molar-refractivity contribution in [1.29, 1.82) is 0 Å². The first kappa shape index (κ1) is 18.2. The number of aryl methyl sites for hydroxylation is 1. The monoisotopic (exact) mass is 359 g/mol. The second kappa shape index (κ2) is 8.18. The van der Waals surface area contributed by atoms with E-state index in [1.165, 1.54) is 0 Å². The zero-order valence-electron chi connectivity index (χ0n) is 15.0. The van der Waals surface area contributed by atoms with Crippen molar-refractivity contribution in [2.45, 2.75) is 38.9 Å². The number of nitrogens with one attached hydrogen (secondary N) is 1. The molecule has 3 rings (SSSR count). The average Bonchev–Trinajstić information content (AvgIpc) is 3.32. The number of amides is 2. The molecule has 0 unspecified atom stereocenters. The summed E-state index contributed by atoms with van der Waals surface area (Å²) in [6, 6.07) is 5.57. The number of hydrogen-bond acceptors (Lipinski definition) is 4. The van der Waals surface area contributed by atoms with Gasteiger partial charge in [-0.25, -0.2) is 0 Å². The van der Waals surface area contributed by atoms with Crippen molar-refractivity contribution in [3.63, 3.8) is 0 Å². The summed E-state index contributed by atoms with van der Waals surface area (Å²) in [6.07, 6.45) is 4.68. The first-order valence-electron chi connectivity index (χ1n) is 8.93. The number of aromatic nitrogens is 3. The normalized spacial score (nSPS) is 14.8. The molecule has 0 fully saturated rings. The molecule has 3 heterocycles.